The Morgan fingerprint density at radius 1 is 1.32 bits per heavy atom. The van der Waals surface area contributed by atoms with E-state index in [1.807, 2.05) is 11.4 Å². The van der Waals surface area contributed by atoms with Gasteiger partial charge in [0, 0.05) is 16.7 Å². The Bertz CT molecular complexity index is 811. The van der Waals surface area contributed by atoms with Gasteiger partial charge in [-0.3, -0.25) is 4.79 Å². The molecule has 0 amide bonds. The van der Waals surface area contributed by atoms with Crippen LogP contribution in [0, 0.1) is 0 Å². The first kappa shape index (κ1) is 12.3. The number of anilines is 1. The molecule has 0 spiro atoms. The van der Waals surface area contributed by atoms with Gasteiger partial charge in [0.15, 0.2) is 5.82 Å². The average Bonchev–Trinajstić information content (AvgIpc) is 2.82. The second-order valence-electron chi connectivity index (χ2n) is 3.98. The van der Waals surface area contributed by atoms with Crippen molar-refractivity contribution in [1.29, 1.82) is 0 Å². The minimum absolute atomic E-state index is 0.100. The summed E-state index contributed by atoms with van der Waals surface area (Å²) in [6.45, 7) is 0.302. The van der Waals surface area contributed by atoms with Gasteiger partial charge < -0.3 is 10.3 Å². The van der Waals surface area contributed by atoms with Crippen molar-refractivity contribution in [3.63, 3.8) is 0 Å². The molecule has 96 valence electrons. The molecule has 5 nitrogen and oxygen atoms in total. The molecule has 3 heterocycles. The van der Waals surface area contributed by atoms with Crippen LogP contribution in [0.15, 0.2) is 39.0 Å². The Labute approximate surface area is 120 Å². The van der Waals surface area contributed by atoms with E-state index in [0.29, 0.717) is 18.2 Å². The lowest BCUT2D eigenvalue weighted by atomic mass is 10.4. The van der Waals surface area contributed by atoms with Gasteiger partial charge in [0.25, 0.3) is 5.56 Å². The monoisotopic (exact) mass is 336 g/mol. The van der Waals surface area contributed by atoms with Crippen LogP contribution in [0.1, 0.15) is 5.82 Å². The molecule has 0 aliphatic heterocycles. The number of nitrogen functional groups attached to an aromatic ring is 1. The maximum Gasteiger partial charge on any atom is 0.250 e. The highest BCUT2D eigenvalue weighted by Gasteiger charge is 2.07. The molecule has 0 fully saturated rings. The average molecular weight is 337 g/mol. The molecule has 3 aromatic rings. The van der Waals surface area contributed by atoms with Crippen LogP contribution in [0.4, 0.5) is 5.82 Å². The zero-order valence-electron chi connectivity index (χ0n) is 9.71. The van der Waals surface area contributed by atoms with Gasteiger partial charge in [-0.25, -0.2) is 9.97 Å². The number of halogens is 1. The predicted octanol–water partition coefficient (Wildman–Crippen LogP) is 2.25. The maximum absolute atomic E-state index is 11.7. The first-order chi connectivity index (χ1) is 9.13. The molecule has 19 heavy (non-hydrogen) atoms. The Morgan fingerprint density at radius 3 is 3.00 bits per heavy atom. The van der Waals surface area contributed by atoms with Gasteiger partial charge in [-0.15, -0.1) is 11.3 Å². The number of rotatable bonds is 2. The van der Waals surface area contributed by atoms with Crippen LogP contribution in [0.3, 0.4) is 0 Å². The van der Waals surface area contributed by atoms with Crippen LogP contribution in [-0.2, 0) is 6.54 Å². The molecule has 3 rings (SSSR count). The molecule has 7 heteroatoms. The van der Waals surface area contributed by atoms with Gasteiger partial charge >= 0.3 is 0 Å². The summed E-state index contributed by atoms with van der Waals surface area (Å²) in [6.07, 6.45) is 1.71. The SMILES string of the molecule is Nc1nc(Cn2cc(Br)ccc2=O)nc2sccc12. The third kappa shape index (κ3) is 2.39. The highest BCUT2D eigenvalue weighted by molar-refractivity contribution is 9.10. The molecule has 0 saturated carbocycles. The minimum Gasteiger partial charge on any atom is -0.383 e. The van der Waals surface area contributed by atoms with Crippen molar-refractivity contribution < 1.29 is 0 Å². The van der Waals surface area contributed by atoms with E-state index in [4.69, 9.17) is 5.73 Å². The van der Waals surface area contributed by atoms with E-state index in [1.54, 1.807) is 12.3 Å². The van der Waals surface area contributed by atoms with Crippen LogP contribution in [0.2, 0.25) is 0 Å². The van der Waals surface area contributed by atoms with E-state index in [1.165, 1.54) is 22.0 Å². The summed E-state index contributed by atoms with van der Waals surface area (Å²) in [5, 5.41) is 2.78. The Morgan fingerprint density at radius 2 is 2.16 bits per heavy atom. The summed E-state index contributed by atoms with van der Waals surface area (Å²) in [5.41, 5.74) is 5.78. The van der Waals surface area contributed by atoms with Crippen LogP contribution >= 0.6 is 27.3 Å². The van der Waals surface area contributed by atoms with Gasteiger partial charge in [0.2, 0.25) is 0 Å². The molecule has 2 N–H and O–H groups in total. The summed E-state index contributed by atoms with van der Waals surface area (Å²) >= 11 is 4.84. The molecule has 0 bridgehead atoms. The third-order valence-electron chi connectivity index (χ3n) is 2.66. The van der Waals surface area contributed by atoms with Crippen molar-refractivity contribution in [3.8, 4) is 0 Å². The van der Waals surface area contributed by atoms with Gasteiger partial charge in [0.1, 0.15) is 10.6 Å². The topological polar surface area (TPSA) is 73.8 Å². The van der Waals surface area contributed by atoms with Crippen LogP contribution in [-0.4, -0.2) is 14.5 Å². The molecular formula is C12H9BrN4OS. The fourth-order valence-corrected chi connectivity index (χ4v) is 2.94. The van der Waals surface area contributed by atoms with E-state index >= 15 is 0 Å². The largest absolute Gasteiger partial charge is 0.383 e. The van der Waals surface area contributed by atoms with Crippen LogP contribution < -0.4 is 11.3 Å². The first-order valence-corrected chi connectivity index (χ1v) is 7.16. The van der Waals surface area contributed by atoms with E-state index in [2.05, 4.69) is 25.9 Å². The van der Waals surface area contributed by atoms with Gasteiger partial charge in [0.05, 0.1) is 11.9 Å². The van der Waals surface area contributed by atoms with Crippen molar-refractivity contribution in [2.45, 2.75) is 6.54 Å². The van der Waals surface area contributed by atoms with Crippen molar-refractivity contribution in [3.05, 3.63) is 50.4 Å². The maximum atomic E-state index is 11.7. The second-order valence-corrected chi connectivity index (χ2v) is 5.79. The van der Waals surface area contributed by atoms with E-state index < -0.39 is 0 Å². The molecule has 0 atom stereocenters. The second kappa shape index (κ2) is 4.75. The lowest BCUT2D eigenvalue weighted by Gasteiger charge is -2.06. The Kier molecular flexibility index (Phi) is 3.08. The number of nitrogens with zero attached hydrogens (tertiary/aromatic N) is 3. The van der Waals surface area contributed by atoms with E-state index in [0.717, 1.165) is 14.7 Å². The highest BCUT2D eigenvalue weighted by Crippen LogP contribution is 2.22. The van der Waals surface area contributed by atoms with Gasteiger partial charge in [-0.05, 0) is 33.4 Å². The molecule has 0 radical (unpaired) electrons. The molecule has 3 aromatic heterocycles. The fourth-order valence-electron chi connectivity index (χ4n) is 1.77. The Balaban J connectivity index is 2.05. The van der Waals surface area contributed by atoms with Crippen molar-refractivity contribution in [1.82, 2.24) is 14.5 Å². The van der Waals surface area contributed by atoms with Crippen molar-refractivity contribution in [2.24, 2.45) is 0 Å². The molecular weight excluding hydrogens is 328 g/mol. The summed E-state index contributed by atoms with van der Waals surface area (Å²) in [6, 6.07) is 5.10. The molecule has 0 unspecified atom stereocenters. The molecule has 0 aliphatic carbocycles. The normalized spacial score (nSPS) is 11.0. The Hall–Kier alpha value is -1.73. The minimum atomic E-state index is -0.100. The quantitative estimate of drug-likeness (QED) is 0.778. The number of nitrogens with two attached hydrogens (primary N) is 1. The van der Waals surface area contributed by atoms with Crippen molar-refractivity contribution >= 4 is 43.3 Å². The number of pyridine rings is 1. The highest BCUT2D eigenvalue weighted by atomic mass is 79.9. The van der Waals surface area contributed by atoms with E-state index in [9.17, 15) is 4.79 Å². The summed E-state index contributed by atoms with van der Waals surface area (Å²) < 4.78 is 2.37. The van der Waals surface area contributed by atoms with Crippen LogP contribution in [0.5, 0.6) is 0 Å². The number of aromatic nitrogens is 3. The van der Waals surface area contributed by atoms with Gasteiger partial charge in [-0.1, -0.05) is 0 Å². The van der Waals surface area contributed by atoms with Crippen LogP contribution in [0.25, 0.3) is 10.2 Å². The number of thiophene rings is 1. The number of hydrogen-bond donors (Lipinski definition) is 1. The molecule has 0 aromatic carbocycles. The summed E-state index contributed by atoms with van der Waals surface area (Å²) in [4.78, 5) is 21.2. The number of hydrogen-bond acceptors (Lipinski definition) is 5. The molecule has 0 saturated heterocycles. The standard InChI is InChI=1S/C12H9BrN4OS/c13-7-1-2-10(18)17(5-7)6-9-15-11(14)8-3-4-19-12(8)16-9/h1-5H,6H2,(H2,14,15,16). The summed E-state index contributed by atoms with van der Waals surface area (Å²) in [7, 11) is 0. The third-order valence-corrected chi connectivity index (χ3v) is 3.94. The summed E-state index contributed by atoms with van der Waals surface area (Å²) in [5.74, 6) is 0.983. The predicted molar refractivity (Wildman–Crippen MR) is 79.3 cm³/mol. The van der Waals surface area contributed by atoms with E-state index in [-0.39, 0.29) is 5.56 Å². The zero-order chi connectivity index (χ0) is 13.4. The van der Waals surface area contributed by atoms with Gasteiger partial charge in [-0.2, -0.15) is 0 Å². The fraction of sp³-hybridized carbons (Fsp3) is 0.0833. The first-order valence-electron chi connectivity index (χ1n) is 5.49. The number of fused-ring (bicyclic) bond motifs is 1. The lowest BCUT2D eigenvalue weighted by molar-refractivity contribution is 0.718. The smallest absolute Gasteiger partial charge is 0.250 e. The van der Waals surface area contributed by atoms with Crippen molar-refractivity contribution in [2.75, 3.05) is 5.73 Å². The molecule has 0 aliphatic rings. The lowest BCUT2D eigenvalue weighted by Crippen LogP contribution is -2.20. The zero-order valence-corrected chi connectivity index (χ0v) is 12.1.